The van der Waals surface area contributed by atoms with Gasteiger partial charge in [-0.1, -0.05) is 18.2 Å². The van der Waals surface area contributed by atoms with Gasteiger partial charge in [-0.2, -0.15) is 0 Å². The first-order chi connectivity index (χ1) is 7.70. The van der Waals surface area contributed by atoms with Crippen molar-refractivity contribution in [2.75, 3.05) is 7.05 Å². The number of thiazole rings is 1. The van der Waals surface area contributed by atoms with Crippen LogP contribution in [0.25, 0.3) is 11.3 Å². The van der Waals surface area contributed by atoms with E-state index >= 15 is 0 Å². The maximum Gasteiger partial charge on any atom is 0.0901 e. The van der Waals surface area contributed by atoms with Crippen LogP contribution in [-0.4, -0.2) is 17.9 Å². The summed E-state index contributed by atoms with van der Waals surface area (Å²) in [6, 6.07) is 7.38. The molecule has 0 aliphatic carbocycles. The lowest BCUT2D eigenvalue weighted by Crippen LogP contribution is -2.18. The normalized spacial score (nSPS) is 11.8. The van der Waals surface area contributed by atoms with Crippen LogP contribution < -0.4 is 5.11 Å². The number of nitrogens with zero attached hydrogens (tertiary/aromatic N) is 2. The number of aryl methyl sites for hydroxylation is 1. The van der Waals surface area contributed by atoms with Crippen molar-refractivity contribution in [2.24, 2.45) is 4.99 Å². The van der Waals surface area contributed by atoms with Gasteiger partial charge in [-0.15, -0.1) is 11.3 Å². The predicted octanol–water partition coefficient (Wildman–Crippen LogP) is 1.86. The van der Waals surface area contributed by atoms with Gasteiger partial charge in [0.05, 0.1) is 10.7 Å². The van der Waals surface area contributed by atoms with Crippen molar-refractivity contribution in [3.05, 3.63) is 40.2 Å². The molecular weight excluding hydrogens is 220 g/mol. The van der Waals surface area contributed by atoms with E-state index in [-0.39, 0.29) is 5.90 Å². The molecule has 0 fully saturated rings. The largest absolute Gasteiger partial charge is 0.859 e. The van der Waals surface area contributed by atoms with Crippen LogP contribution in [0.1, 0.15) is 10.6 Å². The molecule has 0 unspecified atom stereocenters. The second-order valence-corrected chi connectivity index (χ2v) is 4.42. The van der Waals surface area contributed by atoms with Crippen LogP contribution in [0.5, 0.6) is 0 Å². The van der Waals surface area contributed by atoms with E-state index in [1.165, 1.54) is 7.05 Å². The molecule has 16 heavy (non-hydrogen) atoms. The summed E-state index contributed by atoms with van der Waals surface area (Å²) in [5.74, 6) is -0.200. The van der Waals surface area contributed by atoms with E-state index < -0.39 is 0 Å². The molecule has 0 aliphatic rings. The van der Waals surface area contributed by atoms with Crippen molar-refractivity contribution < 1.29 is 5.11 Å². The first kappa shape index (κ1) is 10.8. The molecule has 1 heterocycles. The highest BCUT2D eigenvalue weighted by molar-refractivity contribution is 7.09. The molecule has 1 aromatic heterocycles. The molecule has 0 bridgehead atoms. The van der Waals surface area contributed by atoms with E-state index in [0.717, 1.165) is 16.3 Å². The number of hydrogen-bond donors (Lipinski definition) is 0. The van der Waals surface area contributed by atoms with Crippen LogP contribution in [0, 0.1) is 6.92 Å². The average molecular weight is 231 g/mol. The van der Waals surface area contributed by atoms with E-state index in [1.807, 2.05) is 30.5 Å². The van der Waals surface area contributed by atoms with Crippen molar-refractivity contribution in [3.8, 4) is 11.3 Å². The molecule has 1 aromatic carbocycles. The summed E-state index contributed by atoms with van der Waals surface area (Å²) in [7, 11) is 1.50. The Kier molecular flexibility index (Phi) is 3.01. The Morgan fingerprint density at radius 2 is 2.25 bits per heavy atom. The van der Waals surface area contributed by atoms with Gasteiger partial charge in [0.2, 0.25) is 0 Å². The smallest absolute Gasteiger partial charge is 0.0901 e. The highest BCUT2D eigenvalue weighted by Gasteiger charge is 2.02. The van der Waals surface area contributed by atoms with E-state index in [4.69, 9.17) is 0 Å². The van der Waals surface area contributed by atoms with Gasteiger partial charge in [-0.05, 0) is 24.5 Å². The third-order valence-corrected chi connectivity index (χ3v) is 3.00. The molecule has 0 radical (unpaired) electrons. The molecule has 0 spiro atoms. The number of benzene rings is 1. The van der Waals surface area contributed by atoms with Gasteiger partial charge in [-0.3, -0.25) is 0 Å². The Balaban J connectivity index is 2.43. The first-order valence-corrected chi connectivity index (χ1v) is 5.75. The zero-order valence-electron chi connectivity index (χ0n) is 9.10. The lowest BCUT2D eigenvalue weighted by atomic mass is 10.1. The van der Waals surface area contributed by atoms with Gasteiger partial charge in [0.25, 0.3) is 0 Å². The van der Waals surface area contributed by atoms with Crippen LogP contribution in [0.2, 0.25) is 0 Å². The van der Waals surface area contributed by atoms with Crippen molar-refractivity contribution in [3.63, 3.8) is 0 Å². The fraction of sp³-hybridized carbons (Fsp3) is 0.167. The van der Waals surface area contributed by atoms with Crippen LogP contribution >= 0.6 is 11.3 Å². The van der Waals surface area contributed by atoms with E-state index in [1.54, 1.807) is 17.4 Å². The SMILES string of the molecule is CN=C([O-])c1cccc(-c2csc(C)n2)c1. The zero-order chi connectivity index (χ0) is 11.5. The van der Waals surface area contributed by atoms with Gasteiger partial charge in [0, 0.05) is 18.0 Å². The molecule has 82 valence electrons. The molecular formula is C12H11N2OS-. The minimum absolute atomic E-state index is 0.200. The van der Waals surface area contributed by atoms with Crippen LogP contribution in [0.15, 0.2) is 34.6 Å². The van der Waals surface area contributed by atoms with Crippen molar-refractivity contribution in [1.82, 2.24) is 4.98 Å². The first-order valence-electron chi connectivity index (χ1n) is 4.87. The summed E-state index contributed by atoms with van der Waals surface area (Å²) in [6.07, 6.45) is 0. The molecule has 3 nitrogen and oxygen atoms in total. The topological polar surface area (TPSA) is 48.3 Å². The summed E-state index contributed by atoms with van der Waals surface area (Å²) < 4.78 is 0. The van der Waals surface area contributed by atoms with Crippen LogP contribution in [-0.2, 0) is 0 Å². The Morgan fingerprint density at radius 1 is 1.44 bits per heavy atom. The Bertz CT molecular complexity index is 531. The van der Waals surface area contributed by atoms with Gasteiger partial charge in [-0.25, -0.2) is 4.98 Å². The number of hydrogen-bond acceptors (Lipinski definition) is 4. The fourth-order valence-corrected chi connectivity index (χ4v) is 2.06. The number of rotatable bonds is 2. The molecule has 0 atom stereocenters. The highest BCUT2D eigenvalue weighted by Crippen LogP contribution is 2.22. The molecule has 0 amide bonds. The second kappa shape index (κ2) is 4.45. The Morgan fingerprint density at radius 3 is 2.88 bits per heavy atom. The minimum atomic E-state index is -0.200. The van der Waals surface area contributed by atoms with Gasteiger partial charge in [0.15, 0.2) is 0 Å². The number of aliphatic imine (C=N–C) groups is 1. The molecule has 0 aliphatic heterocycles. The average Bonchev–Trinajstić information content (AvgIpc) is 2.75. The van der Waals surface area contributed by atoms with Crippen molar-refractivity contribution >= 4 is 17.2 Å². The molecule has 0 N–H and O–H groups in total. The van der Waals surface area contributed by atoms with E-state index in [0.29, 0.717) is 5.56 Å². The standard InChI is InChI=1S/C12H12N2OS/c1-8-14-11(7-16-8)9-4-3-5-10(6-9)12(15)13-2/h3-7H,1-2H3,(H,13,15)/p-1. The molecule has 0 saturated heterocycles. The lowest BCUT2D eigenvalue weighted by Gasteiger charge is -2.10. The summed E-state index contributed by atoms with van der Waals surface area (Å²) in [5, 5.41) is 14.4. The van der Waals surface area contributed by atoms with Crippen LogP contribution in [0.3, 0.4) is 0 Å². The van der Waals surface area contributed by atoms with Gasteiger partial charge < -0.3 is 10.1 Å². The predicted molar refractivity (Wildman–Crippen MR) is 64.7 cm³/mol. The molecule has 2 rings (SSSR count). The number of aromatic nitrogens is 1. The van der Waals surface area contributed by atoms with Crippen molar-refractivity contribution in [1.29, 1.82) is 0 Å². The maximum atomic E-state index is 11.4. The quantitative estimate of drug-likeness (QED) is 0.585. The third kappa shape index (κ3) is 2.12. The lowest BCUT2D eigenvalue weighted by molar-refractivity contribution is -0.213. The van der Waals surface area contributed by atoms with Crippen LogP contribution in [0.4, 0.5) is 0 Å². The summed E-state index contributed by atoms with van der Waals surface area (Å²) in [4.78, 5) is 8.03. The third-order valence-electron chi connectivity index (χ3n) is 2.23. The Hall–Kier alpha value is -1.68. The monoisotopic (exact) mass is 231 g/mol. The van der Waals surface area contributed by atoms with E-state index in [2.05, 4.69) is 9.98 Å². The second-order valence-electron chi connectivity index (χ2n) is 3.36. The molecule has 4 heteroatoms. The minimum Gasteiger partial charge on any atom is -0.859 e. The Labute approximate surface area is 98.1 Å². The molecule has 2 aromatic rings. The molecule has 0 saturated carbocycles. The van der Waals surface area contributed by atoms with Gasteiger partial charge >= 0.3 is 0 Å². The summed E-state index contributed by atoms with van der Waals surface area (Å²) in [5.41, 5.74) is 2.47. The fourth-order valence-electron chi connectivity index (χ4n) is 1.44. The highest BCUT2D eigenvalue weighted by atomic mass is 32.1. The zero-order valence-corrected chi connectivity index (χ0v) is 9.91. The summed E-state index contributed by atoms with van der Waals surface area (Å²) in [6.45, 7) is 1.96. The van der Waals surface area contributed by atoms with E-state index in [9.17, 15) is 5.11 Å². The van der Waals surface area contributed by atoms with Crippen molar-refractivity contribution in [2.45, 2.75) is 6.92 Å². The summed E-state index contributed by atoms with van der Waals surface area (Å²) >= 11 is 1.60. The van der Waals surface area contributed by atoms with Gasteiger partial charge in [0.1, 0.15) is 0 Å². The maximum absolute atomic E-state index is 11.4.